The first-order valence-electron chi connectivity index (χ1n) is 8.08. The molecule has 1 saturated carbocycles. The number of nitrogens with zero attached hydrogens (tertiary/aromatic N) is 1. The van der Waals surface area contributed by atoms with Gasteiger partial charge in [0.25, 0.3) is 0 Å². The summed E-state index contributed by atoms with van der Waals surface area (Å²) in [5.74, 6) is 1.74. The van der Waals surface area contributed by atoms with E-state index in [2.05, 4.69) is 37.1 Å². The molecule has 0 saturated heterocycles. The normalized spacial score (nSPS) is 26.0. The SMILES string of the molecule is COc1cccc(CN(C)CC2(CN)CCCC(C)C2)c1. The Bertz CT molecular complexity index is 449. The van der Waals surface area contributed by atoms with E-state index in [-0.39, 0.29) is 0 Å². The van der Waals surface area contributed by atoms with Crippen LogP contribution in [0, 0.1) is 11.3 Å². The fourth-order valence-electron chi connectivity index (χ4n) is 3.87. The summed E-state index contributed by atoms with van der Waals surface area (Å²) in [5, 5.41) is 0. The average molecular weight is 290 g/mol. The second kappa shape index (κ2) is 7.28. The molecule has 0 spiro atoms. The molecule has 0 bridgehead atoms. The highest BCUT2D eigenvalue weighted by molar-refractivity contribution is 5.28. The van der Waals surface area contributed by atoms with Crippen LogP contribution in [0.2, 0.25) is 0 Å². The van der Waals surface area contributed by atoms with Crippen molar-refractivity contribution in [1.82, 2.24) is 4.90 Å². The number of nitrogens with two attached hydrogens (primary N) is 1. The van der Waals surface area contributed by atoms with Crippen molar-refractivity contribution in [2.45, 2.75) is 39.2 Å². The van der Waals surface area contributed by atoms with E-state index in [9.17, 15) is 0 Å². The summed E-state index contributed by atoms with van der Waals surface area (Å²) in [6.07, 6.45) is 5.23. The lowest BCUT2D eigenvalue weighted by molar-refractivity contribution is 0.0981. The third-order valence-electron chi connectivity index (χ3n) is 4.81. The van der Waals surface area contributed by atoms with Crippen molar-refractivity contribution in [3.8, 4) is 5.75 Å². The van der Waals surface area contributed by atoms with Crippen LogP contribution in [-0.4, -0.2) is 32.1 Å². The maximum Gasteiger partial charge on any atom is 0.119 e. The largest absolute Gasteiger partial charge is 0.497 e. The third kappa shape index (κ3) is 4.45. The van der Waals surface area contributed by atoms with Crippen LogP contribution in [0.1, 0.15) is 38.2 Å². The van der Waals surface area contributed by atoms with E-state index < -0.39 is 0 Å². The lowest BCUT2D eigenvalue weighted by Gasteiger charge is -2.41. The van der Waals surface area contributed by atoms with Crippen LogP contribution in [-0.2, 0) is 6.54 Å². The van der Waals surface area contributed by atoms with Gasteiger partial charge in [-0.25, -0.2) is 0 Å². The summed E-state index contributed by atoms with van der Waals surface area (Å²) in [6.45, 7) is 5.21. The van der Waals surface area contributed by atoms with Crippen LogP contribution < -0.4 is 10.5 Å². The standard InChI is InChI=1S/C18H30N2O/c1-15-6-5-9-18(11-15,13-19)14-20(2)12-16-7-4-8-17(10-16)21-3/h4,7-8,10,15H,5-6,9,11-14,19H2,1-3H3. The zero-order valence-electron chi connectivity index (χ0n) is 13.8. The number of rotatable bonds is 6. The minimum Gasteiger partial charge on any atom is -0.497 e. The van der Waals surface area contributed by atoms with E-state index in [0.29, 0.717) is 5.41 Å². The van der Waals surface area contributed by atoms with Crippen LogP contribution >= 0.6 is 0 Å². The highest BCUT2D eigenvalue weighted by atomic mass is 16.5. The van der Waals surface area contributed by atoms with E-state index in [0.717, 1.165) is 31.3 Å². The fourth-order valence-corrected chi connectivity index (χ4v) is 3.87. The molecule has 0 aliphatic heterocycles. The summed E-state index contributed by atoms with van der Waals surface area (Å²) in [5.41, 5.74) is 7.75. The van der Waals surface area contributed by atoms with Gasteiger partial charge in [-0.2, -0.15) is 0 Å². The smallest absolute Gasteiger partial charge is 0.119 e. The molecule has 0 aromatic heterocycles. The van der Waals surface area contributed by atoms with Gasteiger partial charge in [0.05, 0.1) is 7.11 Å². The summed E-state index contributed by atoms with van der Waals surface area (Å²) >= 11 is 0. The van der Waals surface area contributed by atoms with E-state index in [1.54, 1.807) is 7.11 Å². The molecule has 2 rings (SSSR count). The van der Waals surface area contributed by atoms with Crippen molar-refractivity contribution in [3.63, 3.8) is 0 Å². The van der Waals surface area contributed by atoms with Gasteiger partial charge in [0, 0.05) is 13.1 Å². The van der Waals surface area contributed by atoms with Crippen molar-refractivity contribution >= 4 is 0 Å². The van der Waals surface area contributed by atoms with Crippen molar-refractivity contribution in [2.24, 2.45) is 17.1 Å². The van der Waals surface area contributed by atoms with Crippen LogP contribution in [0.4, 0.5) is 0 Å². The minimum absolute atomic E-state index is 0.311. The monoisotopic (exact) mass is 290 g/mol. The molecule has 2 atom stereocenters. The molecule has 1 aliphatic rings. The van der Waals surface area contributed by atoms with Crippen molar-refractivity contribution < 1.29 is 4.74 Å². The molecule has 1 fully saturated rings. The molecule has 3 nitrogen and oxygen atoms in total. The Labute approximate surface area is 129 Å². The maximum atomic E-state index is 6.14. The Morgan fingerprint density at radius 1 is 1.43 bits per heavy atom. The van der Waals surface area contributed by atoms with Gasteiger partial charge in [-0.3, -0.25) is 0 Å². The molecule has 118 valence electrons. The predicted molar refractivity (Wildman–Crippen MR) is 88.4 cm³/mol. The minimum atomic E-state index is 0.311. The quantitative estimate of drug-likeness (QED) is 0.874. The van der Waals surface area contributed by atoms with Gasteiger partial charge in [-0.1, -0.05) is 31.9 Å². The molecular weight excluding hydrogens is 260 g/mol. The highest BCUT2D eigenvalue weighted by Crippen LogP contribution is 2.39. The van der Waals surface area contributed by atoms with Gasteiger partial charge < -0.3 is 15.4 Å². The molecule has 2 N–H and O–H groups in total. The number of hydrogen-bond acceptors (Lipinski definition) is 3. The predicted octanol–water partition coefficient (Wildman–Crippen LogP) is 3.28. The molecule has 0 amide bonds. The van der Waals surface area contributed by atoms with Crippen LogP contribution in [0.3, 0.4) is 0 Å². The summed E-state index contributed by atoms with van der Waals surface area (Å²) in [6, 6.07) is 8.34. The Hall–Kier alpha value is -1.06. The first kappa shape index (κ1) is 16.3. The third-order valence-corrected chi connectivity index (χ3v) is 4.81. The highest BCUT2D eigenvalue weighted by Gasteiger charge is 2.34. The number of methoxy groups -OCH3 is 1. The zero-order chi connectivity index (χ0) is 15.3. The molecule has 0 heterocycles. The summed E-state index contributed by atoms with van der Waals surface area (Å²) < 4.78 is 5.30. The molecule has 0 radical (unpaired) electrons. The van der Waals surface area contributed by atoms with Crippen molar-refractivity contribution in [1.29, 1.82) is 0 Å². The van der Waals surface area contributed by atoms with E-state index >= 15 is 0 Å². The Morgan fingerprint density at radius 2 is 2.24 bits per heavy atom. The topological polar surface area (TPSA) is 38.5 Å². The lowest BCUT2D eigenvalue weighted by atomic mass is 9.70. The van der Waals surface area contributed by atoms with E-state index in [4.69, 9.17) is 10.5 Å². The van der Waals surface area contributed by atoms with Gasteiger partial charge in [0.1, 0.15) is 5.75 Å². The molecule has 21 heavy (non-hydrogen) atoms. The first-order chi connectivity index (χ1) is 10.1. The Morgan fingerprint density at radius 3 is 2.90 bits per heavy atom. The van der Waals surface area contributed by atoms with Gasteiger partial charge in [0.2, 0.25) is 0 Å². The zero-order valence-corrected chi connectivity index (χ0v) is 13.8. The van der Waals surface area contributed by atoms with Crippen LogP contribution in [0.5, 0.6) is 5.75 Å². The van der Waals surface area contributed by atoms with Gasteiger partial charge in [-0.15, -0.1) is 0 Å². The van der Waals surface area contributed by atoms with Crippen LogP contribution in [0.25, 0.3) is 0 Å². The van der Waals surface area contributed by atoms with E-state index in [1.165, 1.54) is 31.2 Å². The second-order valence-corrected chi connectivity index (χ2v) is 6.93. The Balaban J connectivity index is 1.97. The molecular formula is C18H30N2O. The molecule has 1 aromatic rings. The number of ether oxygens (including phenoxy) is 1. The molecule has 3 heteroatoms. The van der Waals surface area contributed by atoms with Crippen molar-refractivity contribution in [3.05, 3.63) is 29.8 Å². The van der Waals surface area contributed by atoms with Gasteiger partial charge in [-0.05, 0) is 55.5 Å². The second-order valence-electron chi connectivity index (χ2n) is 6.93. The molecule has 2 unspecified atom stereocenters. The Kier molecular flexibility index (Phi) is 5.65. The average Bonchev–Trinajstić information content (AvgIpc) is 2.47. The lowest BCUT2D eigenvalue weighted by Crippen LogP contribution is -2.44. The maximum absolute atomic E-state index is 6.14. The number of benzene rings is 1. The summed E-state index contributed by atoms with van der Waals surface area (Å²) in [4.78, 5) is 2.42. The molecule has 1 aliphatic carbocycles. The fraction of sp³-hybridized carbons (Fsp3) is 0.667. The van der Waals surface area contributed by atoms with Gasteiger partial charge >= 0.3 is 0 Å². The van der Waals surface area contributed by atoms with E-state index in [1.807, 2.05) is 6.07 Å². The van der Waals surface area contributed by atoms with Crippen molar-refractivity contribution in [2.75, 3.05) is 27.2 Å². The molecule has 1 aromatic carbocycles. The first-order valence-corrected chi connectivity index (χ1v) is 8.08. The van der Waals surface area contributed by atoms with Crippen LogP contribution in [0.15, 0.2) is 24.3 Å². The summed E-state index contributed by atoms with van der Waals surface area (Å²) in [7, 11) is 3.92. The van der Waals surface area contributed by atoms with Gasteiger partial charge in [0.15, 0.2) is 0 Å². The number of hydrogen-bond donors (Lipinski definition) is 1.